The molecule has 0 radical (unpaired) electrons. The largest absolute Gasteiger partial charge is 0.322 e. The van der Waals surface area contributed by atoms with Gasteiger partial charge in [-0.1, -0.05) is 72.3 Å². The second-order valence-corrected chi connectivity index (χ2v) is 11.8. The Morgan fingerprint density at radius 2 is 1.03 bits per heavy atom. The van der Waals surface area contributed by atoms with Crippen LogP contribution in [0.3, 0.4) is 0 Å². The van der Waals surface area contributed by atoms with Crippen molar-refractivity contribution in [2.24, 2.45) is 0 Å². The Labute approximate surface area is 191 Å². The molecule has 4 rings (SSSR count). The number of rotatable bonds is 6. The van der Waals surface area contributed by atoms with Gasteiger partial charge in [-0.25, -0.2) is 0 Å². The first kappa shape index (κ1) is 22.0. The molecule has 0 bridgehead atoms. The minimum Gasteiger partial charge on any atom is -0.322 e. The maximum Gasteiger partial charge on any atom is 0.263 e. The lowest BCUT2D eigenvalue weighted by Crippen LogP contribution is -2.37. The zero-order chi connectivity index (χ0) is 22.6. The highest BCUT2D eigenvalue weighted by atomic mass is 31.2. The van der Waals surface area contributed by atoms with Gasteiger partial charge in [0.25, 0.3) is 5.91 Å². The number of benzene rings is 4. The lowest BCUT2D eigenvalue weighted by atomic mass is 10.1. The van der Waals surface area contributed by atoms with Crippen LogP contribution < -0.4 is 21.2 Å². The number of hydrogen-bond acceptors (Lipinski definition) is 1. The molecule has 0 saturated carbocycles. The molecule has 160 valence electrons. The summed E-state index contributed by atoms with van der Waals surface area (Å²) in [7, 11) is -2.20. The molecule has 1 amide bonds. The molecule has 1 N–H and O–H groups in total. The monoisotopic (exact) mass is 438 g/mol. The van der Waals surface area contributed by atoms with Crippen molar-refractivity contribution in [3.8, 4) is 0 Å². The van der Waals surface area contributed by atoms with E-state index in [2.05, 4.69) is 111 Å². The maximum absolute atomic E-state index is 13.7. The van der Waals surface area contributed by atoms with Gasteiger partial charge >= 0.3 is 0 Å². The van der Waals surface area contributed by atoms with Crippen molar-refractivity contribution in [2.75, 3.05) is 11.5 Å². The molecule has 0 aliphatic carbocycles. The number of amides is 1. The SMILES string of the molecule is Cc1cc(C)c(NC(=O)C[P+](c2ccccc2)(c2ccccc2)c2ccccc2)c(C)c1. The number of hydrogen-bond donors (Lipinski definition) is 1. The van der Waals surface area contributed by atoms with Crippen LogP contribution in [0.25, 0.3) is 0 Å². The molecule has 0 aliphatic rings. The summed E-state index contributed by atoms with van der Waals surface area (Å²) in [6.07, 6.45) is 0.414. The molecule has 3 heteroatoms. The normalized spacial score (nSPS) is 11.2. The van der Waals surface area contributed by atoms with Crippen LogP contribution in [0.5, 0.6) is 0 Å². The highest BCUT2D eigenvalue weighted by Crippen LogP contribution is 2.55. The molecule has 4 aromatic carbocycles. The molecule has 0 spiro atoms. The Morgan fingerprint density at radius 3 is 1.41 bits per heavy atom. The van der Waals surface area contributed by atoms with Gasteiger partial charge in [0.15, 0.2) is 6.16 Å². The third-order valence-corrected chi connectivity index (χ3v) is 10.2. The minimum atomic E-state index is -2.20. The van der Waals surface area contributed by atoms with Crippen molar-refractivity contribution in [2.45, 2.75) is 20.8 Å². The average Bonchev–Trinajstić information content (AvgIpc) is 2.81. The molecule has 0 fully saturated rings. The first-order chi connectivity index (χ1) is 15.5. The van der Waals surface area contributed by atoms with Gasteiger partial charge in [-0.3, -0.25) is 4.79 Å². The first-order valence-electron chi connectivity index (χ1n) is 10.9. The fourth-order valence-electron chi connectivity index (χ4n) is 4.54. The summed E-state index contributed by atoms with van der Waals surface area (Å²) in [5.74, 6) is 0.0462. The van der Waals surface area contributed by atoms with Crippen LogP contribution in [-0.2, 0) is 4.79 Å². The van der Waals surface area contributed by atoms with E-state index < -0.39 is 7.26 Å². The summed E-state index contributed by atoms with van der Waals surface area (Å²) in [6.45, 7) is 6.20. The highest BCUT2D eigenvalue weighted by Gasteiger charge is 2.47. The number of aryl methyl sites for hydroxylation is 3. The lowest BCUT2D eigenvalue weighted by molar-refractivity contribution is -0.113. The average molecular weight is 439 g/mol. The van der Waals surface area contributed by atoms with Crippen LogP contribution in [0.15, 0.2) is 103 Å². The van der Waals surface area contributed by atoms with E-state index in [1.807, 2.05) is 18.2 Å². The van der Waals surface area contributed by atoms with E-state index in [1.165, 1.54) is 21.5 Å². The first-order valence-corrected chi connectivity index (χ1v) is 12.9. The van der Waals surface area contributed by atoms with E-state index in [9.17, 15) is 4.79 Å². The van der Waals surface area contributed by atoms with Gasteiger partial charge in [-0.05, 0) is 68.3 Å². The van der Waals surface area contributed by atoms with E-state index in [0.717, 1.165) is 16.8 Å². The second-order valence-electron chi connectivity index (χ2n) is 8.30. The van der Waals surface area contributed by atoms with E-state index in [4.69, 9.17) is 0 Å². The van der Waals surface area contributed by atoms with Crippen molar-refractivity contribution >= 4 is 34.8 Å². The fourth-order valence-corrected chi connectivity index (χ4v) is 8.54. The molecule has 0 saturated heterocycles. The standard InChI is InChI=1S/C29H28NOP/c1-22-19-23(2)29(24(3)20-22)30-28(31)21-32(25-13-7-4-8-14-25,26-15-9-5-10-16-26)27-17-11-6-12-18-27/h4-20H,21H2,1-3H3/p+1. The van der Waals surface area contributed by atoms with Crippen LogP contribution in [0.2, 0.25) is 0 Å². The summed E-state index contributed by atoms with van der Waals surface area (Å²) in [4.78, 5) is 13.7. The molecule has 0 unspecified atom stereocenters. The number of nitrogens with one attached hydrogen (secondary N) is 1. The topological polar surface area (TPSA) is 29.1 Å². The third-order valence-electron chi connectivity index (χ3n) is 5.91. The summed E-state index contributed by atoms with van der Waals surface area (Å²) in [6, 6.07) is 35.8. The Balaban J connectivity index is 1.84. The van der Waals surface area contributed by atoms with Gasteiger partial charge in [-0.15, -0.1) is 0 Å². The Hall–Kier alpha value is -3.22. The second kappa shape index (κ2) is 9.51. The van der Waals surface area contributed by atoms with Crippen LogP contribution in [-0.4, -0.2) is 12.1 Å². The van der Waals surface area contributed by atoms with Crippen LogP contribution >= 0.6 is 7.26 Å². The summed E-state index contributed by atoms with van der Waals surface area (Å²) in [5, 5.41) is 6.90. The van der Waals surface area contributed by atoms with E-state index in [-0.39, 0.29) is 5.91 Å². The van der Waals surface area contributed by atoms with E-state index in [0.29, 0.717) is 6.16 Å². The van der Waals surface area contributed by atoms with Crippen LogP contribution in [0.4, 0.5) is 5.69 Å². The van der Waals surface area contributed by atoms with Crippen molar-refractivity contribution < 1.29 is 4.79 Å². The summed E-state index contributed by atoms with van der Waals surface area (Å²) >= 11 is 0. The molecule has 32 heavy (non-hydrogen) atoms. The molecule has 2 nitrogen and oxygen atoms in total. The van der Waals surface area contributed by atoms with Gasteiger partial charge < -0.3 is 5.32 Å². The van der Waals surface area contributed by atoms with Crippen molar-refractivity contribution in [3.63, 3.8) is 0 Å². The molecule has 0 aromatic heterocycles. The molecule has 0 atom stereocenters. The Bertz CT molecular complexity index is 1080. The van der Waals surface area contributed by atoms with E-state index in [1.54, 1.807) is 0 Å². The summed E-state index contributed by atoms with van der Waals surface area (Å²) < 4.78 is 0. The zero-order valence-corrected chi connectivity index (χ0v) is 19.8. The van der Waals surface area contributed by atoms with Crippen LogP contribution in [0, 0.1) is 20.8 Å². The Kier molecular flexibility index (Phi) is 6.53. The number of carbonyl (C=O) groups is 1. The molecule has 4 aromatic rings. The van der Waals surface area contributed by atoms with Crippen molar-refractivity contribution in [3.05, 3.63) is 120 Å². The van der Waals surface area contributed by atoms with Crippen LogP contribution in [0.1, 0.15) is 16.7 Å². The quantitative estimate of drug-likeness (QED) is 0.393. The minimum absolute atomic E-state index is 0.0462. The molecular formula is C29H29NOP+. The maximum atomic E-state index is 13.7. The molecule has 0 aliphatic heterocycles. The van der Waals surface area contributed by atoms with Gasteiger partial charge in [0.2, 0.25) is 0 Å². The predicted molar refractivity (Wildman–Crippen MR) is 139 cm³/mol. The Morgan fingerprint density at radius 1 is 0.656 bits per heavy atom. The van der Waals surface area contributed by atoms with Crippen molar-refractivity contribution in [1.82, 2.24) is 0 Å². The molecular weight excluding hydrogens is 409 g/mol. The van der Waals surface area contributed by atoms with Crippen molar-refractivity contribution in [1.29, 1.82) is 0 Å². The smallest absolute Gasteiger partial charge is 0.263 e. The zero-order valence-electron chi connectivity index (χ0n) is 18.9. The summed E-state index contributed by atoms with van der Waals surface area (Å²) in [5.41, 5.74) is 4.32. The highest BCUT2D eigenvalue weighted by molar-refractivity contribution is 7.96. The molecule has 0 heterocycles. The van der Waals surface area contributed by atoms with Gasteiger partial charge in [0.1, 0.15) is 23.2 Å². The van der Waals surface area contributed by atoms with Gasteiger partial charge in [0, 0.05) is 5.69 Å². The lowest BCUT2D eigenvalue weighted by Gasteiger charge is -2.27. The predicted octanol–water partition coefficient (Wildman–Crippen LogP) is 5.54. The van der Waals surface area contributed by atoms with Gasteiger partial charge in [0.05, 0.1) is 0 Å². The number of anilines is 1. The number of carbonyl (C=O) groups excluding carboxylic acids is 1. The third kappa shape index (κ3) is 4.38. The fraction of sp³-hybridized carbons (Fsp3) is 0.138. The van der Waals surface area contributed by atoms with E-state index >= 15 is 0 Å². The van der Waals surface area contributed by atoms with Gasteiger partial charge in [-0.2, -0.15) is 0 Å².